The van der Waals surface area contributed by atoms with Gasteiger partial charge in [-0.25, -0.2) is 0 Å². The molecule has 1 aromatic carbocycles. The summed E-state index contributed by atoms with van der Waals surface area (Å²) >= 11 is 1.37. The number of amides is 1. The van der Waals surface area contributed by atoms with E-state index >= 15 is 0 Å². The Morgan fingerprint density at radius 3 is 2.64 bits per heavy atom. The van der Waals surface area contributed by atoms with Crippen molar-refractivity contribution in [3.05, 3.63) is 35.7 Å². The predicted octanol–water partition coefficient (Wildman–Crippen LogP) is 3.51. The molecule has 1 fully saturated rings. The van der Waals surface area contributed by atoms with Gasteiger partial charge in [-0.3, -0.25) is 9.59 Å². The maximum absolute atomic E-state index is 12.3. The first kappa shape index (κ1) is 20.5. The number of aromatic nitrogens is 3. The lowest BCUT2D eigenvalue weighted by Crippen LogP contribution is -2.19. The lowest BCUT2D eigenvalue weighted by molar-refractivity contribution is -0.113. The van der Waals surface area contributed by atoms with Crippen molar-refractivity contribution < 1.29 is 14.3 Å². The Kier molecular flexibility index (Phi) is 6.85. The van der Waals surface area contributed by atoms with Gasteiger partial charge in [-0.1, -0.05) is 25.6 Å². The molecule has 3 rings (SSSR count). The van der Waals surface area contributed by atoms with Crippen molar-refractivity contribution in [3.63, 3.8) is 0 Å². The van der Waals surface area contributed by atoms with Crippen LogP contribution in [0.4, 0.5) is 5.69 Å². The zero-order valence-electron chi connectivity index (χ0n) is 16.5. The lowest BCUT2D eigenvalue weighted by Gasteiger charge is -2.16. The molecule has 1 amide bonds. The SMILES string of the molecule is CC(=O)c1ccc(NC(=O)CSc2nnc(C(C)C)n2CC2CCCO2)cc1. The van der Waals surface area contributed by atoms with Crippen LogP contribution in [0, 0.1) is 0 Å². The van der Waals surface area contributed by atoms with Crippen molar-refractivity contribution in [2.45, 2.75) is 57.3 Å². The van der Waals surface area contributed by atoms with Crippen LogP contribution in [0.1, 0.15) is 55.7 Å². The molecule has 8 heteroatoms. The van der Waals surface area contributed by atoms with E-state index in [0.717, 1.165) is 37.0 Å². The molecule has 1 unspecified atom stereocenters. The van der Waals surface area contributed by atoms with Crippen molar-refractivity contribution in [1.29, 1.82) is 0 Å². The molecule has 1 aromatic heterocycles. The van der Waals surface area contributed by atoms with Crippen LogP contribution in [-0.2, 0) is 16.1 Å². The van der Waals surface area contributed by atoms with Crippen LogP contribution >= 0.6 is 11.8 Å². The third-order valence-electron chi connectivity index (χ3n) is 4.58. The van der Waals surface area contributed by atoms with E-state index in [1.807, 2.05) is 0 Å². The van der Waals surface area contributed by atoms with Crippen molar-refractivity contribution in [1.82, 2.24) is 14.8 Å². The summed E-state index contributed by atoms with van der Waals surface area (Å²) in [4.78, 5) is 23.6. The first-order chi connectivity index (χ1) is 13.4. The Morgan fingerprint density at radius 2 is 2.04 bits per heavy atom. The number of rotatable bonds is 8. The fourth-order valence-corrected chi connectivity index (χ4v) is 3.87. The van der Waals surface area contributed by atoms with E-state index < -0.39 is 0 Å². The topological polar surface area (TPSA) is 86.1 Å². The molecule has 0 radical (unpaired) electrons. The summed E-state index contributed by atoms with van der Waals surface area (Å²) in [7, 11) is 0. The number of thioether (sulfide) groups is 1. The lowest BCUT2D eigenvalue weighted by atomic mass is 10.1. The van der Waals surface area contributed by atoms with Crippen molar-refractivity contribution in [2.24, 2.45) is 0 Å². The third-order valence-corrected chi connectivity index (χ3v) is 5.55. The zero-order chi connectivity index (χ0) is 20.1. The van der Waals surface area contributed by atoms with Crippen LogP contribution in [-0.4, -0.2) is 44.9 Å². The monoisotopic (exact) mass is 402 g/mol. The summed E-state index contributed by atoms with van der Waals surface area (Å²) in [6, 6.07) is 6.88. The Labute approximate surface area is 169 Å². The van der Waals surface area contributed by atoms with Crippen LogP contribution in [0.5, 0.6) is 0 Å². The number of Topliss-reactive ketones (excluding diaryl/α,β-unsaturated/α-hetero) is 1. The van der Waals surface area contributed by atoms with Gasteiger partial charge in [0.15, 0.2) is 10.9 Å². The molecule has 2 aromatic rings. The minimum absolute atomic E-state index is 0.0000301. The molecular formula is C20H26N4O3S. The Balaban J connectivity index is 1.61. The second-order valence-corrected chi connectivity index (χ2v) is 8.15. The van der Waals surface area contributed by atoms with Crippen molar-refractivity contribution in [3.8, 4) is 0 Å². The zero-order valence-corrected chi connectivity index (χ0v) is 17.3. The molecule has 1 aliphatic rings. The fourth-order valence-electron chi connectivity index (χ4n) is 3.11. The molecule has 2 heterocycles. The van der Waals surface area contributed by atoms with Gasteiger partial charge in [0.2, 0.25) is 5.91 Å². The number of ether oxygens (including phenoxy) is 1. The fraction of sp³-hybridized carbons (Fsp3) is 0.500. The molecule has 0 spiro atoms. The van der Waals surface area contributed by atoms with Crippen LogP contribution in [0.3, 0.4) is 0 Å². The summed E-state index contributed by atoms with van der Waals surface area (Å²) in [5.41, 5.74) is 1.29. The summed E-state index contributed by atoms with van der Waals surface area (Å²) in [5.74, 6) is 1.27. The molecule has 7 nitrogen and oxygen atoms in total. The molecule has 0 aliphatic carbocycles. The van der Waals surface area contributed by atoms with Gasteiger partial charge < -0.3 is 14.6 Å². The van der Waals surface area contributed by atoms with Crippen LogP contribution in [0.2, 0.25) is 0 Å². The van der Waals surface area contributed by atoms with Gasteiger partial charge in [-0.2, -0.15) is 0 Å². The average molecular weight is 403 g/mol. The molecule has 1 aliphatic heterocycles. The maximum atomic E-state index is 12.3. The van der Waals surface area contributed by atoms with Crippen LogP contribution in [0.15, 0.2) is 29.4 Å². The van der Waals surface area contributed by atoms with E-state index in [9.17, 15) is 9.59 Å². The number of benzene rings is 1. The first-order valence-electron chi connectivity index (χ1n) is 9.52. The molecule has 28 heavy (non-hydrogen) atoms. The van der Waals surface area contributed by atoms with Gasteiger partial charge in [0.05, 0.1) is 18.4 Å². The molecule has 1 atom stereocenters. The standard InChI is InChI=1S/C20H26N4O3S/c1-13(2)19-22-23-20(24(19)11-17-5-4-10-27-17)28-12-18(26)21-16-8-6-15(7-9-16)14(3)25/h6-9,13,17H,4-5,10-12H2,1-3H3,(H,21,26). The normalized spacial score (nSPS) is 16.5. The van der Waals surface area contributed by atoms with Crippen molar-refractivity contribution in [2.75, 3.05) is 17.7 Å². The number of hydrogen-bond acceptors (Lipinski definition) is 6. The maximum Gasteiger partial charge on any atom is 0.234 e. The van der Waals surface area contributed by atoms with Crippen LogP contribution < -0.4 is 5.32 Å². The minimum Gasteiger partial charge on any atom is -0.376 e. The number of carbonyl (C=O) groups is 2. The summed E-state index contributed by atoms with van der Waals surface area (Å²) in [6.45, 7) is 7.21. The third kappa shape index (κ3) is 5.20. The number of anilines is 1. The van der Waals surface area contributed by atoms with Gasteiger partial charge >= 0.3 is 0 Å². The summed E-state index contributed by atoms with van der Waals surface area (Å²) < 4.78 is 7.84. The molecule has 0 saturated carbocycles. The second-order valence-electron chi connectivity index (χ2n) is 7.21. The van der Waals surface area contributed by atoms with E-state index in [1.165, 1.54) is 18.7 Å². The molecule has 150 valence electrons. The average Bonchev–Trinajstić information content (AvgIpc) is 3.31. The highest BCUT2D eigenvalue weighted by Crippen LogP contribution is 2.24. The second kappa shape index (κ2) is 9.34. The van der Waals surface area contributed by atoms with E-state index in [2.05, 4.69) is 33.9 Å². The highest BCUT2D eigenvalue weighted by Gasteiger charge is 2.22. The Morgan fingerprint density at radius 1 is 1.29 bits per heavy atom. The molecule has 0 bridgehead atoms. The van der Waals surface area contributed by atoms with E-state index in [0.29, 0.717) is 11.3 Å². The number of carbonyl (C=O) groups excluding carboxylic acids is 2. The Hall–Kier alpha value is -2.19. The highest BCUT2D eigenvalue weighted by molar-refractivity contribution is 7.99. The van der Waals surface area contributed by atoms with E-state index in [4.69, 9.17) is 4.74 Å². The smallest absolute Gasteiger partial charge is 0.234 e. The van der Waals surface area contributed by atoms with Gasteiger partial charge in [0, 0.05) is 23.8 Å². The van der Waals surface area contributed by atoms with Crippen molar-refractivity contribution >= 4 is 29.1 Å². The van der Waals surface area contributed by atoms with Gasteiger partial charge in [-0.05, 0) is 44.0 Å². The van der Waals surface area contributed by atoms with E-state index in [-0.39, 0.29) is 29.5 Å². The first-order valence-corrected chi connectivity index (χ1v) is 10.5. The van der Waals surface area contributed by atoms with E-state index in [1.54, 1.807) is 24.3 Å². The number of hydrogen-bond donors (Lipinski definition) is 1. The van der Waals surface area contributed by atoms with Gasteiger partial charge in [0.25, 0.3) is 0 Å². The largest absolute Gasteiger partial charge is 0.376 e. The predicted molar refractivity (Wildman–Crippen MR) is 109 cm³/mol. The molecular weight excluding hydrogens is 376 g/mol. The molecule has 1 saturated heterocycles. The van der Waals surface area contributed by atoms with Gasteiger partial charge in [-0.15, -0.1) is 10.2 Å². The minimum atomic E-state index is -0.127. The number of ketones is 1. The van der Waals surface area contributed by atoms with Crippen LogP contribution in [0.25, 0.3) is 0 Å². The Bertz CT molecular complexity index is 826. The number of nitrogens with zero attached hydrogens (tertiary/aromatic N) is 3. The molecule has 1 N–H and O–H groups in total. The van der Waals surface area contributed by atoms with Gasteiger partial charge in [0.1, 0.15) is 5.82 Å². The highest BCUT2D eigenvalue weighted by atomic mass is 32.2. The summed E-state index contributed by atoms with van der Waals surface area (Å²) in [5, 5.41) is 12.2. The summed E-state index contributed by atoms with van der Waals surface area (Å²) in [6.07, 6.45) is 2.30. The quantitative estimate of drug-likeness (QED) is 0.537. The number of nitrogens with one attached hydrogen (secondary N) is 1.